The average Bonchev–Trinajstić information content (AvgIpc) is 2.69. The van der Waals surface area contributed by atoms with Crippen molar-refractivity contribution in [2.75, 3.05) is 19.0 Å². The predicted molar refractivity (Wildman–Crippen MR) is 67.5 cm³/mol. The van der Waals surface area contributed by atoms with E-state index in [4.69, 9.17) is 4.74 Å². The molecule has 18 heavy (non-hydrogen) atoms. The standard InChI is InChI=1S/C12H18N4O2/c1-8-12(2,6-7-18-8)14-11(17)9-4-5-10(13-3)16-15-9/h4-5,8H,6-7H2,1-3H3,(H,13,16)(H,14,17). The van der Waals surface area contributed by atoms with E-state index >= 15 is 0 Å². The van der Waals surface area contributed by atoms with Crippen molar-refractivity contribution < 1.29 is 9.53 Å². The second-order valence-electron chi connectivity index (χ2n) is 4.69. The Balaban J connectivity index is 2.07. The summed E-state index contributed by atoms with van der Waals surface area (Å²) in [6, 6.07) is 3.37. The minimum atomic E-state index is -0.333. The Morgan fingerprint density at radius 1 is 1.50 bits per heavy atom. The third-order valence-corrected chi connectivity index (χ3v) is 3.44. The van der Waals surface area contributed by atoms with Gasteiger partial charge >= 0.3 is 0 Å². The number of hydrogen-bond donors (Lipinski definition) is 2. The molecule has 0 saturated carbocycles. The molecule has 1 aliphatic rings. The molecule has 2 heterocycles. The SMILES string of the molecule is CNc1ccc(C(=O)NC2(C)CCOC2C)nn1. The summed E-state index contributed by atoms with van der Waals surface area (Å²) < 4.78 is 5.48. The number of hydrogen-bond acceptors (Lipinski definition) is 5. The van der Waals surface area contributed by atoms with E-state index in [1.54, 1.807) is 19.2 Å². The molecule has 2 atom stereocenters. The monoisotopic (exact) mass is 250 g/mol. The van der Waals surface area contributed by atoms with Gasteiger partial charge in [-0.05, 0) is 32.4 Å². The highest BCUT2D eigenvalue weighted by Crippen LogP contribution is 2.25. The summed E-state index contributed by atoms with van der Waals surface area (Å²) in [5.41, 5.74) is -0.0187. The first kappa shape index (κ1) is 12.8. The van der Waals surface area contributed by atoms with E-state index in [1.807, 2.05) is 13.8 Å². The Kier molecular flexibility index (Phi) is 3.47. The molecule has 2 N–H and O–H groups in total. The third-order valence-electron chi connectivity index (χ3n) is 3.44. The van der Waals surface area contributed by atoms with E-state index in [2.05, 4.69) is 20.8 Å². The van der Waals surface area contributed by atoms with Crippen molar-refractivity contribution in [2.45, 2.75) is 31.9 Å². The molecule has 6 nitrogen and oxygen atoms in total. The zero-order chi connectivity index (χ0) is 13.2. The van der Waals surface area contributed by atoms with Gasteiger partial charge in [-0.2, -0.15) is 0 Å². The summed E-state index contributed by atoms with van der Waals surface area (Å²) in [5, 5.41) is 13.6. The number of carbonyl (C=O) groups excluding carboxylic acids is 1. The predicted octanol–water partition coefficient (Wildman–Crippen LogP) is 0.816. The lowest BCUT2D eigenvalue weighted by molar-refractivity contribution is 0.0723. The van der Waals surface area contributed by atoms with Crippen LogP contribution in [0.1, 0.15) is 30.8 Å². The number of ether oxygens (including phenoxy) is 1. The fraction of sp³-hybridized carbons (Fsp3) is 0.583. The van der Waals surface area contributed by atoms with Crippen molar-refractivity contribution in [3.8, 4) is 0 Å². The Bertz CT molecular complexity index is 434. The van der Waals surface area contributed by atoms with Crippen LogP contribution in [0.25, 0.3) is 0 Å². The lowest BCUT2D eigenvalue weighted by atomic mass is 9.94. The van der Waals surface area contributed by atoms with Crippen LogP contribution in [-0.4, -0.2) is 41.4 Å². The van der Waals surface area contributed by atoms with Gasteiger partial charge in [0.05, 0.1) is 11.6 Å². The van der Waals surface area contributed by atoms with Gasteiger partial charge in [-0.3, -0.25) is 4.79 Å². The number of anilines is 1. The molecule has 0 bridgehead atoms. The average molecular weight is 250 g/mol. The van der Waals surface area contributed by atoms with Gasteiger partial charge in [-0.15, -0.1) is 10.2 Å². The summed E-state index contributed by atoms with van der Waals surface area (Å²) in [7, 11) is 1.75. The summed E-state index contributed by atoms with van der Waals surface area (Å²) in [5.74, 6) is 0.417. The molecule has 2 rings (SSSR count). The Morgan fingerprint density at radius 3 is 2.78 bits per heavy atom. The van der Waals surface area contributed by atoms with Gasteiger partial charge in [0.15, 0.2) is 5.69 Å². The van der Waals surface area contributed by atoms with Gasteiger partial charge in [-0.1, -0.05) is 0 Å². The normalized spacial score (nSPS) is 26.9. The molecule has 1 fully saturated rings. The zero-order valence-corrected chi connectivity index (χ0v) is 10.9. The van der Waals surface area contributed by atoms with Crippen molar-refractivity contribution in [1.29, 1.82) is 0 Å². The molecule has 6 heteroatoms. The van der Waals surface area contributed by atoms with Crippen LogP contribution in [0, 0.1) is 0 Å². The summed E-state index contributed by atoms with van der Waals surface area (Å²) >= 11 is 0. The van der Waals surface area contributed by atoms with Crippen LogP contribution >= 0.6 is 0 Å². The second kappa shape index (κ2) is 4.89. The molecule has 98 valence electrons. The smallest absolute Gasteiger partial charge is 0.272 e. The van der Waals surface area contributed by atoms with Crippen LogP contribution in [0.5, 0.6) is 0 Å². The molecule has 1 aromatic rings. The van der Waals surface area contributed by atoms with Crippen molar-refractivity contribution in [1.82, 2.24) is 15.5 Å². The zero-order valence-electron chi connectivity index (χ0n) is 10.9. The Labute approximate surface area is 106 Å². The highest BCUT2D eigenvalue weighted by molar-refractivity contribution is 5.92. The van der Waals surface area contributed by atoms with E-state index in [0.29, 0.717) is 18.1 Å². The first-order chi connectivity index (χ1) is 8.55. The molecule has 0 spiro atoms. The van der Waals surface area contributed by atoms with Crippen molar-refractivity contribution >= 4 is 11.7 Å². The van der Waals surface area contributed by atoms with Crippen molar-refractivity contribution in [3.05, 3.63) is 17.8 Å². The number of nitrogens with zero attached hydrogens (tertiary/aromatic N) is 2. The topological polar surface area (TPSA) is 76.1 Å². The molecule has 0 radical (unpaired) electrons. The molecule has 1 aromatic heterocycles. The highest BCUT2D eigenvalue weighted by Gasteiger charge is 2.38. The maximum atomic E-state index is 12.1. The maximum absolute atomic E-state index is 12.1. The Morgan fingerprint density at radius 2 is 2.28 bits per heavy atom. The van der Waals surface area contributed by atoms with Gasteiger partial charge in [0.1, 0.15) is 5.82 Å². The van der Waals surface area contributed by atoms with Gasteiger partial charge < -0.3 is 15.4 Å². The lowest BCUT2D eigenvalue weighted by Crippen LogP contribution is -2.50. The van der Waals surface area contributed by atoms with E-state index in [-0.39, 0.29) is 17.6 Å². The van der Waals surface area contributed by atoms with Crippen LogP contribution < -0.4 is 10.6 Å². The molecular formula is C12H18N4O2. The molecular weight excluding hydrogens is 232 g/mol. The second-order valence-corrected chi connectivity index (χ2v) is 4.69. The van der Waals surface area contributed by atoms with E-state index in [9.17, 15) is 4.79 Å². The Hall–Kier alpha value is -1.69. The van der Waals surface area contributed by atoms with Gasteiger partial charge in [-0.25, -0.2) is 0 Å². The molecule has 1 saturated heterocycles. The summed E-state index contributed by atoms with van der Waals surface area (Å²) in [6.07, 6.45) is 0.813. The van der Waals surface area contributed by atoms with Crippen LogP contribution in [0.3, 0.4) is 0 Å². The number of aromatic nitrogens is 2. The van der Waals surface area contributed by atoms with Gasteiger partial charge in [0.25, 0.3) is 5.91 Å². The highest BCUT2D eigenvalue weighted by atomic mass is 16.5. The van der Waals surface area contributed by atoms with Crippen molar-refractivity contribution in [2.24, 2.45) is 0 Å². The van der Waals surface area contributed by atoms with Crippen LogP contribution in [0.15, 0.2) is 12.1 Å². The van der Waals surface area contributed by atoms with Crippen molar-refractivity contribution in [3.63, 3.8) is 0 Å². The number of rotatable bonds is 3. The number of nitrogens with one attached hydrogen (secondary N) is 2. The summed E-state index contributed by atoms with van der Waals surface area (Å²) in [6.45, 7) is 4.61. The van der Waals surface area contributed by atoms with Gasteiger partial charge in [0.2, 0.25) is 0 Å². The van der Waals surface area contributed by atoms with E-state index in [1.165, 1.54) is 0 Å². The molecule has 1 amide bonds. The quantitative estimate of drug-likeness (QED) is 0.830. The largest absolute Gasteiger partial charge is 0.376 e. The van der Waals surface area contributed by atoms with E-state index in [0.717, 1.165) is 6.42 Å². The lowest BCUT2D eigenvalue weighted by Gasteiger charge is -2.28. The molecule has 0 aromatic carbocycles. The maximum Gasteiger partial charge on any atom is 0.272 e. The number of amides is 1. The minimum absolute atomic E-state index is 0.00555. The minimum Gasteiger partial charge on any atom is -0.376 e. The summed E-state index contributed by atoms with van der Waals surface area (Å²) in [4.78, 5) is 12.1. The van der Waals surface area contributed by atoms with E-state index < -0.39 is 0 Å². The van der Waals surface area contributed by atoms with Crippen LogP contribution in [0.2, 0.25) is 0 Å². The number of carbonyl (C=O) groups is 1. The molecule has 0 aliphatic carbocycles. The van der Waals surface area contributed by atoms with Crippen LogP contribution in [-0.2, 0) is 4.74 Å². The molecule has 2 unspecified atom stereocenters. The van der Waals surface area contributed by atoms with Crippen LogP contribution in [0.4, 0.5) is 5.82 Å². The van der Waals surface area contributed by atoms with Gasteiger partial charge in [0, 0.05) is 13.7 Å². The fourth-order valence-corrected chi connectivity index (χ4v) is 1.91. The first-order valence-electron chi connectivity index (χ1n) is 6.01. The molecule has 1 aliphatic heterocycles. The fourth-order valence-electron chi connectivity index (χ4n) is 1.91. The first-order valence-corrected chi connectivity index (χ1v) is 6.01. The third kappa shape index (κ3) is 2.43.